The molecule has 1 heterocycles. The highest BCUT2D eigenvalue weighted by Gasteiger charge is 2.56. The van der Waals surface area contributed by atoms with Gasteiger partial charge in [-0.2, -0.15) is 0 Å². The van der Waals surface area contributed by atoms with Gasteiger partial charge in [0.1, 0.15) is 0 Å². The number of hydrogen-bond donors (Lipinski definition) is 0. The Kier molecular flexibility index (Phi) is 4.47. The van der Waals surface area contributed by atoms with Crippen LogP contribution in [0.3, 0.4) is 0 Å². The molecular weight excluding hydrogens is 384 g/mol. The number of esters is 1. The van der Waals surface area contributed by atoms with Crippen LogP contribution in [0.5, 0.6) is 0 Å². The van der Waals surface area contributed by atoms with Crippen LogP contribution in [0.4, 0.5) is 0 Å². The van der Waals surface area contributed by atoms with E-state index < -0.39 is 5.54 Å². The summed E-state index contributed by atoms with van der Waals surface area (Å²) in [4.78, 5) is 20.4. The Balaban J connectivity index is 1.62. The fourth-order valence-corrected chi connectivity index (χ4v) is 4.85. The van der Waals surface area contributed by atoms with Gasteiger partial charge in [0.25, 0.3) is 0 Å². The van der Waals surface area contributed by atoms with Crippen molar-refractivity contribution in [1.29, 1.82) is 0 Å². The number of nitrogens with zero attached hydrogens (tertiary/aromatic N) is 2. The second-order valence-electron chi connectivity index (χ2n) is 8.15. The fourth-order valence-electron chi connectivity index (χ4n) is 4.65. The maximum atomic E-state index is 13.3. The lowest BCUT2D eigenvalue weighted by Crippen LogP contribution is -2.51. The Bertz CT molecular complexity index is 1010. The zero-order chi connectivity index (χ0) is 20.0. The number of aliphatic imine (C=N–C) groups is 1. The Hall–Kier alpha value is -2.59. The largest absolute Gasteiger partial charge is 0.467 e. The molecule has 2 aromatic carbocycles. The summed E-state index contributed by atoms with van der Waals surface area (Å²) in [5, 5.41) is 0.734. The van der Waals surface area contributed by atoms with Gasteiger partial charge in [-0.3, -0.25) is 0 Å². The summed E-state index contributed by atoms with van der Waals surface area (Å²) in [6, 6.07) is 15.6. The van der Waals surface area contributed by atoms with Crippen LogP contribution in [-0.2, 0) is 21.5 Å². The number of methoxy groups -OCH3 is 1. The standard InChI is InChI=1S/C24H23ClN2O2/c1-29-23(28)24(20-5-3-2-4-6-20)22(27(15-26-24)14-16-7-8-16)19-11-17-9-10-21(25)13-18(17)12-19/h2-6,9-11,13,15-16,22H,7-8,12,14H2,1H3. The van der Waals surface area contributed by atoms with Crippen molar-refractivity contribution < 1.29 is 9.53 Å². The van der Waals surface area contributed by atoms with Gasteiger partial charge in [-0.05, 0) is 59.6 Å². The average Bonchev–Trinajstić information content (AvgIpc) is 3.33. The van der Waals surface area contributed by atoms with E-state index in [2.05, 4.69) is 11.0 Å². The molecule has 1 saturated carbocycles. The van der Waals surface area contributed by atoms with Crippen molar-refractivity contribution in [3.63, 3.8) is 0 Å². The van der Waals surface area contributed by atoms with E-state index in [4.69, 9.17) is 21.3 Å². The van der Waals surface area contributed by atoms with E-state index in [1.807, 2.05) is 54.9 Å². The van der Waals surface area contributed by atoms with E-state index in [9.17, 15) is 4.79 Å². The van der Waals surface area contributed by atoms with Crippen LogP contribution in [0.2, 0.25) is 5.02 Å². The number of carbonyl (C=O) groups is 1. The number of ether oxygens (including phenoxy) is 1. The fraction of sp³-hybridized carbons (Fsp3) is 0.333. The predicted molar refractivity (Wildman–Crippen MR) is 115 cm³/mol. The van der Waals surface area contributed by atoms with Crippen molar-refractivity contribution >= 4 is 30.0 Å². The molecule has 1 fully saturated rings. The first-order valence-electron chi connectivity index (χ1n) is 10.1. The van der Waals surface area contributed by atoms with Crippen molar-refractivity contribution in [2.24, 2.45) is 10.9 Å². The van der Waals surface area contributed by atoms with Crippen molar-refractivity contribution in [1.82, 2.24) is 4.90 Å². The van der Waals surface area contributed by atoms with Gasteiger partial charge in [-0.1, -0.05) is 54.1 Å². The SMILES string of the molecule is COC(=O)C1(c2ccccc2)N=CN(CC2CC2)C1C1=Cc2ccc(Cl)cc2C1. The molecule has 0 amide bonds. The number of rotatable bonds is 5. The molecule has 2 atom stereocenters. The lowest BCUT2D eigenvalue weighted by atomic mass is 9.79. The summed E-state index contributed by atoms with van der Waals surface area (Å²) < 4.78 is 5.32. The molecule has 0 spiro atoms. The van der Waals surface area contributed by atoms with Crippen molar-refractivity contribution in [2.45, 2.75) is 30.8 Å². The number of fused-ring (bicyclic) bond motifs is 1. The van der Waals surface area contributed by atoms with E-state index in [0.717, 1.165) is 29.1 Å². The van der Waals surface area contributed by atoms with Gasteiger partial charge in [0.05, 0.1) is 19.5 Å². The summed E-state index contributed by atoms with van der Waals surface area (Å²) in [6.45, 7) is 0.911. The van der Waals surface area contributed by atoms with Gasteiger partial charge in [0.2, 0.25) is 5.54 Å². The number of hydrogen-bond acceptors (Lipinski definition) is 4. The summed E-state index contributed by atoms with van der Waals surface area (Å²) in [5.74, 6) is 0.352. The van der Waals surface area contributed by atoms with Crippen molar-refractivity contribution in [3.05, 3.63) is 75.8 Å². The molecule has 29 heavy (non-hydrogen) atoms. The molecule has 2 aromatic rings. The smallest absolute Gasteiger partial charge is 0.341 e. The third-order valence-corrected chi connectivity index (χ3v) is 6.44. The minimum Gasteiger partial charge on any atom is -0.467 e. The van der Waals surface area contributed by atoms with E-state index >= 15 is 0 Å². The summed E-state index contributed by atoms with van der Waals surface area (Å²) in [5.41, 5.74) is 3.30. The molecule has 4 nitrogen and oxygen atoms in total. The number of benzene rings is 2. The molecule has 5 heteroatoms. The van der Waals surface area contributed by atoms with Gasteiger partial charge >= 0.3 is 5.97 Å². The highest BCUT2D eigenvalue weighted by Crippen LogP contribution is 2.45. The summed E-state index contributed by atoms with van der Waals surface area (Å²) >= 11 is 6.23. The van der Waals surface area contributed by atoms with Crippen LogP contribution in [0.15, 0.2) is 59.1 Å². The first kappa shape index (κ1) is 18.4. The van der Waals surface area contributed by atoms with Gasteiger partial charge < -0.3 is 9.64 Å². The first-order chi connectivity index (χ1) is 14.1. The van der Waals surface area contributed by atoms with Crippen LogP contribution < -0.4 is 0 Å². The second kappa shape index (κ2) is 7.03. The van der Waals surface area contributed by atoms with Gasteiger partial charge in [-0.25, -0.2) is 9.79 Å². The number of carbonyl (C=O) groups excluding carboxylic acids is 1. The average molecular weight is 407 g/mol. The summed E-state index contributed by atoms with van der Waals surface area (Å²) in [6.07, 6.45) is 7.30. The molecule has 3 aliphatic rings. The van der Waals surface area contributed by atoms with Gasteiger partial charge in [-0.15, -0.1) is 0 Å². The monoisotopic (exact) mass is 406 g/mol. The topological polar surface area (TPSA) is 41.9 Å². The molecule has 5 rings (SSSR count). The molecule has 0 radical (unpaired) electrons. The zero-order valence-electron chi connectivity index (χ0n) is 16.3. The Labute approximate surface area is 175 Å². The number of halogens is 1. The van der Waals surface area contributed by atoms with Crippen LogP contribution in [0.25, 0.3) is 6.08 Å². The molecule has 0 aromatic heterocycles. The van der Waals surface area contributed by atoms with Crippen LogP contribution in [0.1, 0.15) is 29.5 Å². The maximum Gasteiger partial charge on any atom is 0.341 e. The van der Waals surface area contributed by atoms with Gasteiger partial charge in [0, 0.05) is 11.6 Å². The lowest BCUT2D eigenvalue weighted by Gasteiger charge is -2.36. The van der Waals surface area contributed by atoms with Crippen LogP contribution in [-0.4, -0.2) is 36.9 Å². The third-order valence-electron chi connectivity index (χ3n) is 6.21. The van der Waals surface area contributed by atoms with E-state index in [1.54, 1.807) is 0 Å². The highest BCUT2D eigenvalue weighted by atomic mass is 35.5. The Morgan fingerprint density at radius 1 is 1.24 bits per heavy atom. The minimum absolute atomic E-state index is 0.205. The molecular formula is C24H23ClN2O2. The summed E-state index contributed by atoms with van der Waals surface area (Å²) in [7, 11) is 1.45. The Morgan fingerprint density at radius 3 is 2.76 bits per heavy atom. The third kappa shape index (κ3) is 3.06. The van der Waals surface area contributed by atoms with E-state index in [1.165, 1.54) is 31.1 Å². The van der Waals surface area contributed by atoms with Crippen LogP contribution in [0, 0.1) is 5.92 Å². The van der Waals surface area contributed by atoms with Crippen molar-refractivity contribution in [2.75, 3.05) is 13.7 Å². The molecule has 2 unspecified atom stereocenters. The van der Waals surface area contributed by atoms with E-state index in [-0.39, 0.29) is 12.0 Å². The van der Waals surface area contributed by atoms with Gasteiger partial charge in [0.15, 0.2) is 0 Å². The molecule has 0 bridgehead atoms. The maximum absolute atomic E-state index is 13.3. The quantitative estimate of drug-likeness (QED) is 0.688. The second-order valence-corrected chi connectivity index (χ2v) is 8.59. The normalized spacial score (nSPS) is 25.1. The molecule has 148 valence electrons. The van der Waals surface area contributed by atoms with Crippen molar-refractivity contribution in [3.8, 4) is 0 Å². The molecule has 0 N–H and O–H groups in total. The molecule has 1 aliphatic heterocycles. The molecule has 2 aliphatic carbocycles. The highest BCUT2D eigenvalue weighted by molar-refractivity contribution is 6.30. The minimum atomic E-state index is -1.09. The lowest BCUT2D eigenvalue weighted by molar-refractivity contribution is -0.148. The first-order valence-corrected chi connectivity index (χ1v) is 10.4. The Morgan fingerprint density at radius 2 is 2.03 bits per heavy atom. The predicted octanol–water partition coefficient (Wildman–Crippen LogP) is 4.47. The zero-order valence-corrected chi connectivity index (χ0v) is 17.1. The van der Waals surface area contributed by atoms with E-state index in [0.29, 0.717) is 5.92 Å². The van der Waals surface area contributed by atoms with Crippen LogP contribution >= 0.6 is 11.6 Å². The molecule has 0 saturated heterocycles.